The van der Waals surface area contributed by atoms with Crippen LogP contribution in [0.25, 0.3) is 0 Å². The van der Waals surface area contributed by atoms with Crippen LogP contribution in [0.3, 0.4) is 0 Å². The molecule has 0 aromatic heterocycles. The zero-order valence-corrected chi connectivity index (χ0v) is 4.27. The van der Waals surface area contributed by atoms with E-state index >= 15 is 0 Å². The zero-order valence-electron chi connectivity index (χ0n) is 4.27. The molecule has 1 atom stereocenters. The Labute approximate surface area is 42.1 Å². The molecule has 0 aromatic rings. The van der Waals surface area contributed by atoms with Gasteiger partial charge in [-0.1, -0.05) is 0 Å². The molecule has 1 aliphatic rings. The first-order valence-corrected chi connectivity index (χ1v) is 2.38. The molecule has 7 heavy (non-hydrogen) atoms. The van der Waals surface area contributed by atoms with Gasteiger partial charge in [-0.05, 0) is 13.3 Å². The predicted octanol–water partition coefficient (Wildman–Crippen LogP) is 0.100. The molecule has 1 saturated carbocycles. The summed E-state index contributed by atoms with van der Waals surface area (Å²) in [5.41, 5.74) is -0.958. The van der Waals surface area contributed by atoms with Gasteiger partial charge in [0.15, 0.2) is 5.78 Å². The van der Waals surface area contributed by atoms with Crippen molar-refractivity contribution in [3.8, 4) is 0 Å². The smallest absolute Gasteiger partial charge is 0.164 e. The number of Topliss-reactive ketones (excluding diaryl/α,β-unsaturated/α-hetero) is 1. The lowest BCUT2D eigenvalue weighted by Gasteiger charge is -2.29. The van der Waals surface area contributed by atoms with Crippen LogP contribution in [0.15, 0.2) is 0 Å². The van der Waals surface area contributed by atoms with Gasteiger partial charge in [-0.3, -0.25) is 4.79 Å². The molecule has 0 heterocycles. The molecule has 0 amide bonds. The summed E-state index contributed by atoms with van der Waals surface area (Å²) in [6, 6.07) is 0. The van der Waals surface area contributed by atoms with Crippen LogP contribution in [0.1, 0.15) is 19.8 Å². The second kappa shape index (κ2) is 1.07. The standard InChI is InChI=1S/C5H8O2/c1-5(7)3-2-4(5)6/h7H,2-3H2,1H3/t5-/m1/s1. The van der Waals surface area contributed by atoms with Crippen LogP contribution in [0.5, 0.6) is 0 Å². The lowest BCUT2D eigenvalue weighted by Crippen LogP contribution is -2.44. The van der Waals surface area contributed by atoms with Crippen LogP contribution in [-0.2, 0) is 4.79 Å². The summed E-state index contributed by atoms with van der Waals surface area (Å²) in [5, 5.41) is 8.83. The molecule has 0 spiro atoms. The first-order chi connectivity index (χ1) is 3.13. The van der Waals surface area contributed by atoms with Gasteiger partial charge in [-0.2, -0.15) is 0 Å². The number of hydrogen-bond acceptors (Lipinski definition) is 2. The SMILES string of the molecule is C[C@@]1(O)CCC1=O. The topological polar surface area (TPSA) is 37.3 Å². The number of rotatable bonds is 0. The average Bonchev–Trinajstić information content (AvgIpc) is 1.63. The van der Waals surface area contributed by atoms with Gasteiger partial charge in [0.1, 0.15) is 5.60 Å². The van der Waals surface area contributed by atoms with Crippen molar-refractivity contribution >= 4 is 5.78 Å². The van der Waals surface area contributed by atoms with Crippen LogP contribution < -0.4 is 0 Å². The highest BCUT2D eigenvalue weighted by Gasteiger charge is 2.38. The molecule has 0 radical (unpaired) electrons. The monoisotopic (exact) mass is 100 g/mol. The normalized spacial score (nSPS) is 40.6. The van der Waals surface area contributed by atoms with Crippen molar-refractivity contribution < 1.29 is 9.90 Å². The van der Waals surface area contributed by atoms with Gasteiger partial charge in [0.2, 0.25) is 0 Å². The van der Waals surface area contributed by atoms with Crippen molar-refractivity contribution in [3.05, 3.63) is 0 Å². The highest BCUT2D eigenvalue weighted by atomic mass is 16.3. The third-order valence-corrected chi connectivity index (χ3v) is 1.44. The highest BCUT2D eigenvalue weighted by Crippen LogP contribution is 2.25. The lowest BCUT2D eigenvalue weighted by molar-refractivity contribution is -0.147. The van der Waals surface area contributed by atoms with Crippen LogP contribution in [0.2, 0.25) is 0 Å². The number of ketones is 1. The quantitative estimate of drug-likeness (QED) is 0.468. The Bertz CT molecular complexity index is 105. The fraction of sp³-hybridized carbons (Fsp3) is 0.800. The Kier molecular flexibility index (Phi) is 0.729. The number of hydrogen-bond donors (Lipinski definition) is 1. The third-order valence-electron chi connectivity index (χ3n) is 1.44. The van der Waals surface area contributed by atoms with E-state index in [1.54, 1.807) is 6.92 Å². The summed E-state index contributed by atoms with van der Waals surface area (Å²) < 4.78 is 0. The minimum atomic E-state index is -0.958. The minimum Gasteiger partial charge on any atom is -0.382 e. The molecule has 1 rings (SSSR count). The highest BCUT2D eigenvalue weighted by molar-refractivity contribution is 5.92. The maximum Gasteiger partial charge on any atom is 0.164 e. The Balaban J connectivity index is 2.59. The molecule has 0 aliphatic heterocycles. The molecule has 2 heteroatoms. The van der Waals surface area contributed by atoms with E-state index in [1.165, 1.54) is 0 Å². The molecule has 0 saturated heterocycles. The van der Waals surface area contributed by atoms with Crippen LogP contribution in [0.4, 0.5) is 0 Å². The maximum absolute atomic E-state index is 10.3. The van der Waals surface area contributed by atoms with E-state index < -0.39 is 5.60 Å². The van der Waals surface area contributed by atoms with E-state index in [9.17, 15) is 4.79 Å². The van der Waals surface area contributed by atoms with Crippen molar-refractivity contribution in [1.29, 1.82) is 0 Å². The molecule has 40 valence electrons. The molecule has 0 bridgehead atoms. The zero-order chi connectivity index (χ0) is 5.49. The molecular weight excluding hydrogens is 92.1 g/mol. The van der Waals surface area contributed by atoms with E-state index in [2.05, 4.69) is 0 Å². The van der Waals surface area contributed by atoms with Gasteiger partial charge in [0, 0.05) is 6.42 Å². The fourth-order valence-electron chi connectivity index (χ4n) is 0.589. The number of carbonyl (C=O) groups excluding carboxylic acids is 1. The lowest BCUT2D eigenvalue weighted by atomic mass is 9.81. The fourth-order valence-corrected chi connectivity index (χ4v) is 0.589. The first-order valence-electron chi connectivity index (χ1n) is 2.38. The molecular formula is C5H8O2. The summed E-state index contributed by atoms with van der Waals surface area (Å²) in [6.45, 7) is 1.55. The van der Waals surface area contributed by atoms with Gasteiger partial charge >= 0.3 is 0 Å². The summed E-state index contributed by atoms with van der Waals surface area (Å²) in [5.74, 6) is -0.0208. The van der Waals surface area contributed by atoms with Gasteiger partial charge in [0.25, 0.3) is 0 Å². The van der Waals surface area contributed by atoms with Gasteiger partial charge < -0.3 is 5.11 Å². The summed E-state index contributed by atoms with van der Waals surface area (Å²) >= 11 is 0. The minimum absolute atomic E-state index is 0.0208. The summed E-state index contributed by atoms with van der Waals surface area (Å²) in [7, 11) is 0. The Hall–Kier alpha value is -0.370. The predicted molar refractivity (Wildman–Crippen MR) is 24.9 cm³/mol. The largest absolute Gasteiger partial charge is 0.382 e. The molecule has 2 nitrogen and oxygen atoms in total. The summed E-state index contributed by atoms with van der Waals surface area (Å²) in [6.07, 6.45) is 1.21. The van der Waals surface area contributed by atoms with Crippen molar-refractivity contribution in [2.75, 3.05) is 0 Å². The van der Waals surface area contributed by atoms with E-state index in [0.717, 1.165) is 0 Å². The van der Waals surface area contributed by atoms with Gasteiger partial charge in [-0.15, -0.1) is 0 Å². The van der Waals surface area contributed by atoms with Gasteiger partial charge in [0.05, 0.1) is 0 Å². The van der Waals surface area contributed by atoms with Crippen molar-refractivity contribution in [2.45, 2.75) is 25.4 Å². The van der Waals surface area contributed by atoms with Crippen LogP contribution in [-0.4, -0.2) is 16.5 Å². The molecule has 1 N–H and O–H groups in total. The first kappa shape index (κ1) is 4.78. The van der Waals surface area contributed by atoms with Crippen molar-refractivity contribution in [2.24, 2.45) is 0 Å². The van der Waals surface area contributed by atoms with E-state index in [1.807, 2.05) is 0 Å². The number of carbonyl (C=O) groups is 1. The maximum atomic E-state index is 10.3. The van der Waals surface area contributed by atoms with Gasteiger partial charge in [-0.25, -0.2) is 0 Å². The number of aliphatic hydroxyl groups is 1. The van der Waals surface area contributed by atoms with E-state index in [0.29, 0.717) is 12.8 Å². The average molecular weight is 100 g/mol. The second-order valence-electron chi connectivity index (χ2n) is 2.20. The van der Waals surface area contributed by atoms with E-state index in [-0.39, 0.29) is 5.78 Å². The third kappa shape index (κ3) is 0.548. The van der Waals surface area contributed by atoms with Crippen molar-refractivity contribution in [1.82, 2.24) is 0 Å². The van der Waals surface area contributed by atoms with E-state index in [4.69, 9.17) is 5.11 Å². The van der Waals surface area contributed by atoms with Crippen LogP contribution in [0, 0.1) is 0 Å². The Morgan fingerprint density at radius 1 is 1.86 bits per heavy atom. The Morgan fingerprint density at radius 2 is 2.29 bits per heavy atom. The molecule has 1 fully saturated rings. The molecule has 1 aliphatic carbocycles. The van der Waals surface area contributed by atoms with Crippen LogP contribution >= 0.6 is 0 Å². The molecule has 0 unspecified atom stereocenters. The Morgan fingerprint density at radius 3 is 2.29 bits per heavy atom. The second-order valence-corrected chi connectivity index (χ2v) is 2.20. The summed E-state index contributed by atoms with van der Waals surface area (Å²) in [4.78, 5) is 10.3. The molecule has 0 aromatic carbocycles. The van der Waals surface area contributed by atoms with Crippen molar-refractivity contribution in [3.63, 3.8) is 0 Å².